The van der Waals surface area contributed by atoms with Crippen LogP contribution in [0.5, 0.6) is 0 Å². The predicted molar refractivity (Wildman–Crippen MR) is 64.2 cm³/mol. The SMILES string of the molecule is CCC(C)NCCN1C[C@@H](C)O[C@@H](C)C1. The molecule has 0 aromatic rings. The van der Waals surface area contributed by atoms with Gasteiger partial charge in [-0.15, -0.1) is 0 Å². The summed E-state index contributed by atoms with van der Waals surface area (Å²) in [5, 5.41) is 3.53. The number of morpholine rings is 1. The van der Waals surface area contributed by atoms with Gasteiger partial charge >= 0.3 is 0 Å². The zero-order chi connectivity index (χ0) is 11.3. The first kappa shape index (κ1) is 12.9. The van der Waals surface area contributed by atoms with Crippen LogP contribution in [0.15, 0.2) is 0 Å². The molecule has 0 aliphatic carbocycles. The molecule has 1 aliphatic rings. The molecule has 0 bridgehead atoms. The van der Waals surface area contributed by atoms with Crippen LogP contribution in [0.3, 0.4) is 0 Å². The van der Waals surface area contributed by atoms with Gasteiger partial charge < -0.3 is 10.1 Å². The molecule has 0 radical (unpaired) electrons. The van der Waals surface area contributed by atoms with Crippen LogP contribution in [-0.2, 0) is 4.74 Å². The number of hydrogen-bond donors (Lipinski definition) is 1. The van der Waals surface area contributed by atoms with E-state index in [0.717, 1.165) is 26.2 Å². The summed E-state index contributed by atoms with van der Waals surface area (Å²) < 4.78 is 5.70. The van der Waals surface area contributed by atoms with Crippen LogP contribution in [0.4, 0.5) is 0 Å². The van der Waals surface area contributed by atoms with Gasteiger partial charge in [-0.25, -0.2) is 0 Å². The summed E-state index contributed by atoms with van der Waals surface area (Å²) in [6.07, 6.45) is 1.98. The van der Waals surface area contributed by atoms with Gasteiger partial charge in [0.25, 0.3) is 0 Å². The normalized spacial score (nSPS) is 30.4. The lowest BCUT2D eigenvalue weighted by atomic mass is 10.2. The molecule has 1 fully saturated rings. The highest BCUT2D eigenvalue weighted by Gasteiger charge is 2.21. The first-order valence-corrected chi connectivity index (χ1v) is 6.23. The molecule has 90 valence electrons. The van der Waals surface area contributed by atoms with Crippen molar-refractivity contribution in [1.29, 1.82) is 0 Å². The monoisotopic (exact) mass is 214 g/mol. The molecule has 0 amide bonds. The summed E-state index contributed by atoms with van der Waals surface area (Å²) in [4.78, 5) is 2.49. The molecule has 1 aliphatic heterocycles. The highest BCUT2D eigenvalue weighted by Crippen LogP contribution is 2.09. The maximum atomic E-state index is 5.70. The average molecular weight is 214 g/mol. The van der Waals surface area contributed by atoms with Crippen LogP contribution in [0.25, 0.3) is 0 Å². The van der Waals surface area contributed by atoms with Gasteiger partial charge in [0, 0.05) is 32.2 Å². The molecule has 1 rings (SSSR count). The van der Waals surface area contributed by atoms with E-state index in [4.69, 9.17) is 4.74 Å². The third-order valence-electron chi connectivity index (χ3n) is 3.03. The summed E-state index contributed by atoms with van der Waals surface area (Å²) >= 11 is 0. The van der Waals surface area contributed by atoms with Crippen LogP contribution >= 0.6 is 0 Å². The Hall–Kier alpha value is -0.120. The number of nitrogens with zero attached hydrogens (tertiary/aromatic N) is 1. The molecule has 3 atom stereocenters. The van der Waals surface area contributed by atoms with E-state index < -0.39 is 0 Å². The predicted octanol–water partition coefficient (Wildman–Crippen LogP) is 1.48. The second-order valence-corrected chi connectivity index (χ2v) is 4.78. The van der Waals surface area contributed by atoms with E-state index in [1.54, 1.807) is 0 Å². The van der Waals surface area contributed by atoms with Crippen molar-refractivity contribution in [2.24, 2.45) is 0 Å². The Morgan fingerprint density at radius 3 is 2.47 bits per heavy atom. The Balaban J connectivity index is 2.15. The number of rotatable bonds is 5. The zero-order valence-electron chi connectivity index (χ0n) is 10.6. The van der Waals surface area contributed by atoms with E-state index in [-0.39, 0.29) is 0 Å². The Kier molecular flexibility index (Phi) is 5.58. The molecule has 1 unspecified atom stereocenters. The number of nitrogens with one attached hydrogen (secondary N) is 1. The summed E-state index contributed by atoms with van der Waals surface area (Å²) in [6, 6.07) is 0.640. The lowest BCUT2D eigenvalue weighted by molar-refractivity contribution is -0.0675. The van der Waals surface area contributed by atoms with Gasteiger partial charge in [-0.2, -0.15) is 0 Å². The van der Waals surface area contributed by atoms with Crippen molar-refractivity contribution < 1.29 is 4.74 Å². The quantitative estimate of drug-likeness (QED) is 0.750. The van der Waals surface area contributed by atoms with E-state index in [1.807, 2.05) is 0 Å². The minimum Gasteiger partial charge on any atom is -0.373 e. The van der Waals surface area contributed by atoms with Crippen molar-refractivity contribution in [3.8, 4) is 0 Å². The molecule has 3 nitrogen and oxygen atoms in total. The molecular formula is C12H26N2O. The van der Waals surface area contributed by atoms with Crippen molar-refractivity contribution in [1.82, 2.24) is 10.2 Å². The summed E-state index contributed by atoms with van der Waals surface area (Å²) in [6.45, 7) is 13.2. The van der Waals surface area contributed by atoms with Crippen molar-refractivity contribution in [2.75, 3.05) is 26.2 Å². The first-order chi connectivity index (χ1) is 7.11. The molecule has 1 saturated heterocycles. The van der Waals surface area contributed by atoms with Gasteiger partial charge in [0.05, 0.1) is 12.2 Å². The second kappa shape index (κ2) is 6.46. The maximum Gasteiger partial charge on any atom is 0.0678 e. The third-order valence-corrected chi connectivity index (χ3v) is 3.03. The first-order valence-electron chi connectivity index (χ1n) is 6.23. The van der Waals surface area contributed by atoms with Gasteiger partial charge in [0.1, 0.15) is 0 Å². The Bertz CT molecular complexity index is 165. The fourth-order valence-electron chi connectivity index (χ4n) is 2.08. The molecule has 0 spiro atoms. The van der Waals surface area contributed by atoms with E-state index in [0.29, 0.717) is 18.2 Å². The zero-order valence-corrected chi connectivity index (χ0v) is 10.6. The molecular weight excluding hydrogens is 188 g/mol. The standard InChI is InChI=1S/C12H26N2O/c1-5-10(2)13-6-7-14-8-11(3)15-12(4)9-14/h10-13H,5-9H2,1-4H3/t10?,11-,12+. The molecule has 0 aromatic carbocycles. The van der Waals surface area contributed by atoms with Crippen molar-refractivity contribution in [2.45, 2.75) is 52.4 Å². The highest BCUT2D eigenvalue weighted by atomic mass is 16.5. The summed E-state index contributed by atoms with van der Waals surface area (Å²) in [7, 11) is 0. The maximum absolute atomic E-state index is 5.70. The summed E-state index contributed by atoms with van der Waals surface area (Å²) in [5.74, 6) is 0. The van der Waals surface area contributed by atoms with E-state index in [9.17, 15) is 0 Å². The minimum atomic E-state index is 0.386. The fourth-order valence-corrected chi connectivity index (χ4v) is 2.08. The molecule has 1 N–H and O–H groups in total. The van der Waals surface area contributed by atoms with E-state index in [1.165, 1.54) is 6.42 Å². The number of hydrogen-bond acceptors (Lipinski definition) is 3. The van der Waals surface area contributed by atoms with Crippen LogP contribution in [0.1, 0.15) is 34.1 Å². The molecule has 15 heavy (non-hydrogen) atoms. The smallest absolute Gasteiger partial charge is 0.0678 e. The lowest BCUT2D eigenvalue weighted by Gasteiger charge is -2.35. The largest absolute Gasteiger partial charge is 0.373 e. The van der Waals surface area contributed by atoms with Crippen molar-refractivity contribution >= 4 is 0 Å². The Labute approximate surface area is 94.2 Å². The topological polar surface area (TPSA) is 24.5 Å². The minimum absolute atomic E-state index is 0.386. The summed E-state index contributed by atoms with van der Waals surface area (Å²) in [5.41, 5.74) is 0. The molecule has 3 heteroatoms. The van der Waals surface area contributed by atoms with Crippen LogP contribution < -0.4 is 5.32 Å². The Morgan fingerprint density at radius 2 is 1.93 bits per heavy atom. The van der Waals surface area contributed by atoms with Gasteiger partial charge in [0.2, 0.25) is 0 Å². The molecule has 1 heterocycles. The van der Waals surface area contributed by atoms with Crippen molar-refractivity contribution in [3.05, 3.63) is 0 Å². The van der Waals surface area contributed by atoms with Crippen molar-refractivity contribution in [3.63, 3.8) is 0 Å². The van der Waals surface area contributed by atoms with Gasteiger partial charge in [0.15, 0.2) is 0 Å². The van der Waals surface area contributed by atoms with Gasteiger partial charge in [-0.1, -0.05) is 6.92 Å². The van der Waals surface area contributed by atoms with E-state index in [2.05, 4.69) is 37.9 Å². The fraction of sp³-hybridized carbons (Fsp3) is 1.00. The third kappa shape index (κ3) is 4.96. The van der Waals surface area contributed by atoms with Crippen LogP contribution in [-0.4, -0.2) is 49.3 Å². The highest BCUT2D eigenvalue weighted by molar-refractivity contribution is 4.73. The number of ether oxygens (including phenoxy) is 1. The molecule has 0 aromatic heterocycles. The Morgan fingerprint density at radius 1 is 1.33 bits per heavy atom. The van der Waals surface area contributed by atoms with Crippen LogP contribution in [0, 0.1) is 0 Å². The molecule has 0 saturated carbocycles. The van der Waals surface area contributed by atoms with E-state index >= 15 is 0 Å². The van der Waals surface area contributed by atoms with Crippen LogP contribution in [0.2, 0.25) is 0 Å². The average Bonchev–Trinajstić information content (AvgIpc) is 2.16. The van der Waals surface area contributed by atoms with Gasteiger partial charge in [-0.05, 0) is 27.2 Å². The lowest BCUT2D eigenvalue weighted by Crippen LogP contribution is -2.48. The van der Waals surface area contributed by atoms with Gasteiger partial charge in [-0.3, -0.25) is 4.90 Å². The second-order valence-electron chi connectivity index (χ2n) is 4.78.